The van der Waals surface area contributed by atoms with Gasteiger partial charge in [0.15, 0.2) is 0 Å². The molecule has 1 heterocycles. The topological polar surface area (TPSA) is 69.6 Å². The number of nitrogens with zero attached hydrogens (tertiary/aromatic N) is 1. The van der Waals surface area contributed by atoms with Crippen LogP contribution in [-0.4, -0.2) is 47.6 Å². The maximum Gasteiger partial charge on any atom is 0.317 e. The number of carboxylic acids is 1. The van der Waals surface area contributed by atoms with E-state index in [1.807, 2.05) is 23.1 Å². The second-order valence-corrected chi connectivity index (χ2v) is 7.18. The van der Waals surface area contributed by atoms with Crippen LogP contribution in [0.4, 0.5) is 0 Å². The Labute approximate surface area is 141 Å². The van der Waals surface area contributed by atoms with Gasteiger partial charge in [-0.1, -0.05) is 30.3 Å². The smallest absolute Gasteiger partial charge is 0.317 e. The maximum absolute atomic E-state index is 12.6. The monoisotopic (exact) mass is 326 g/mol. The lowest BCUT2D eigenvalue weighted by Crippen LogP contribution is -2.43. The summed E-state index contributed by atoms with van der Waals surface area (Å²) >= 11 is 0. The van der Waals surface area contributed by atoms with E-state index in [1.165, 1.54) is 5.56 Å². The molecule has 0 aromatic heterocycles. The molecule has 126 valence electrons. The molecular weight excluding hydrogens is 304 g/mol. The summed E-state index contributed by atoms with van der Waals surface area (Å²) in [6.45, 7) is 1.58. The molecule has 1 aromatic rings. The fraction of sp³-hybridized carbons (Fsp3) is 0.474. The average Bonchev–Trinajstić information content (AvgIpc) is 3.32. The summed E-state index contributed by atoms with van der Waals surface area (Å²) in [5, 5.41) is 12.1. The van der Waals surface area contributed by atoms with Crippen molar-refractivity contribution in [2.75, 3.05) is 19.6 Å². The third-order valence-corrected chi connectivity index (χ3v) is 5.44. The molecule has 5 heteroatoms. The number of amides is 1. The van der Waals surface area contributed by atoms with Crippen LogP contribution in [-0.2, 0) is 15.0 Å². The number of nitrogens with one attached hydrogen (secondary N) is 1. The van der Waals surface area contributed by atoms with Crippen molar-refractivity contribution in [1.82, 2.24) is 10.2 Å². The van der Waals surface area contributed by atoms with Crippen LogP contribution in [0.3, 0.4) is 0 Å². The van der Waals surface area contributed by atoms with Crippen LogP contribution in [0, 0.1) is 0 Å². The molecule has 5 nitrogen and oxygen atoms in total. The second-order valence-electron chi connectivity index (χ2n) is 7.18. The Hall–Kier alpha value is -2.14. The van der Waals surface area contributed by atoms with Crippen molar-refractivity contribution in [3.8, 4) is 0 Å². The van der Waals surface area contributed by atoms with Gasteiger partial charge in [-0.05, 0) is 49.9 Å². The number of allylic oxidation sites excluding steroid dienone is 1. The first-order valence-corrected chi connectivity index (χ1v) is 8.65. The second kappa shape index (κ2) is 5.74. The van der Waals surface area contributed by atoms with Crippen molar-refractivity contribution in [2.45, 2.75) is 37.1 Å². The van der Waals surface area contributed by atoms with E-state index in [4.69, 9.17) is 5.11 Å². The lowest BCUT2D eigenvalue weighted by atomic mass is 9.74. The molecule has 1 aromatic carbocycles. The molecule has 0 radical (unpaired) electrons. The molecule has 2 N–H and O–H groups in total. The SMILES string of the molecule is O=C(O)CN1CCC2(C=C(C(=O)NC3CC3)c3ccccc32)CC1. The first-order valence-electron chi connectivity index (χ1n) is 8.65. The minimum Gasteiger partial charge on any atom is -0.480 e. The van der Waals surface area contributed by atoms with E-state index in [0.29, 0.717) is 6.04 Å². The molecule has 4 rings (SSSR count). The zero-order valence-electron chi connectivity index (χ0n) is 13.6. The first-order chi connectivity index (χ1) is 11.6. The van der Waals surface area contributed by atoms with E-state index >= 15 is 0 Å². The normalized spacial score (nSPS) is 22.1. The first kappa shape index (κ1) is 15.4. The van der Waals surface area contributed by atoms with Crippen LogP contribution in [0.25, 0.3) is 5.57 Å². The number of likely N-dealkylation sites (tertiary alicyclic amines) is 1. The summed E-state index contributed by atoms with van der Waals surface area (Å²) < 4.78 is 0. The Bertz CT molecular complexity index is 713. The molecule has 3 aliphatic rings. The molecule has 1 aliphatic heterocycles. The Morgan fingerprint density at radius 1 is 1.21 bits per heavy atom. The molecule has 0 atom stereocenters. The number of rotatable bonds is 4. The number of fused-ring (bicyclic) bond motifs is 2. The predicted molar refractivity (Wildman–Crippen MR) is 90.6 cm³/mol. The Kier molecular flexibility index (Phi) is 3.68. The number of hydrogen-bond donors (Lipinski definition) is 2. The van der Waals surface area contributed by atoms with Crippen LogP contribution in [0.5, 0.6) is 0 Å². The number of piperidine rings is 1. The summed E-state index contributed by atoms with van der Waals surface area (Å²) in [4.78, 5) is 25.5. The standard InChI is InChI=1S/C19H22N2O3/c22-17(23)12-21-9-7-19(8-10-21)11-15(18(24)20-13-5-6-13)14-3-1-2-4-16(14)19/h1-4,11,13H,5-10,12H2,(H,20,24)(H,22,23). The highest BCUT2D eigenvalue weighted by Gasteiger charge is 2.42. The van der Waals surface area contributed by atoms with Crippen LogP contribution < -0.4 is 5.32 Å². The molecule has 2 aliphatic carbocycles. The number of carboxylic acid groups (broad SMARTS) is 1. The van der Waals surface area contributed by atoms with Gasteiger partial charge in [0, 0.05) is 17.0 Å². The van der Waals surface area contributed by atoms with Gasteiger partial charge in [-0.15, -0.1) is 0 Å². The highest BCUT2D eigenvalue weighted by atomic mass is 16.4. The number of hydrogen-bond acceptors (Lipinski definition) is 3. The number of carbonyl (C=O) groups excluding carboxylic acids is 1. The van der Waals surface area contributed by atoms with Gasteiger partial charge in [-0.25, -0.2) is 0 Å². The molecule has 0 unspecified atom stereocenters. The Morgan fingerprint density at radius 2 is 1.92 bits per heavy atom. The number of aliphatic carboxylic acids is 1. The zero-order chi connectivity index (χ0) is 16.7. The van der Waals surface area contributed by atoms with E-state index in [0.717, 1.165) is 49.9 Å². The van der Waals surface area contributed by atoms with Crippen molar-refractivity contribution < 1.29 is 14.7 Å². The third kappa shape index (κ3) is 2.73. The van der Waals surface area contributed by atoms with Gasteiger partial charge >= 0.3 is 5.97 Å². The molecule has 1 amide bonds. The van der Waals surface area contributed by atoms with Gasteiger partial charge in [0.1, 0.15) is 0 Å². The van der Waals surface area contributed by atoms with Gasteiger partial charge in [0.05, 0.1) is 6.54 Å². The lowest BCUT2D eigenvalue weighted by molar-refractivity contribution is -0.138. The summed E-state index contributed by atoms with van der Waals surface area (Å²) in [6, 6.07) is 8.51. The maximum atomic E-state index is 12.6. The molecule has 2 fully saturated rings. The lowest BCUT2D eigenvalue weighted by Gasteiger charge is -2.38. The largest absolute Gasteiger partial charge is 0.480 e. The molecular formula is C19H22N2O3. The third-order valence-electron chi connectivity index (χ3n) is 5.44. The summed E-state index contributed by atoms with van der Waals surface area (Å²) in [5.74, 6) is -0.743. The van der Waals surface area contributed by atoms with E-state index in [9.17, 15) is 9.59 Å². The summed E-state index contributed by atoms with van der Waals surface area (Å²) in [7, 11) is 0. The van der Waals surface area contributed by atoms with Crippen molar-refractivity contribution in [1.29, 1.82) is 0 Å². The molecule has 24 heavy (non-hydrogen) atoms. The van der Waals surface area contributed by atoms with Gasteiger partial charge in [-0.2, -0.15) is 0 Å². The highest BCUT2D eigenvalue weighted by Crippen LogP contribution is 2.47. The van der Waals surface area contributed by atoms with Crippen LogP contribution in [0.1, 0.15) is 36.8 Å². The van der Waals surface area contributed by atoms with E-state index < -0.39 is 5.97 Å². The number of benzene rings is 1. The minimum atomic E-state index is -0.780. The average molecular weight is 326 g/mol. The minimum absolute atomic E-state index is 0.0368. The fourth-order valence-corrected chi connectivity index (χ4v) is 3.98. The van der Waals surface area contributed by atoms with Gasteiger partial charge < -0.3 is 10.4 Å². The van der Waals surface area contributed by atoms with Gasteiger partial charge in [0.2, 0.25) is 0 Å². The van der Waals surface area contributed by atoms with Crippen molar-refractivity contribution in [3.05, 3.63) is 41.5 Å². The number of carbonyl (C=O) groups is 2. The quantitative estimate of drug-likeness (QED) is 0.885. The highest BCUT2D eigenvalue weighted by molar-refractivity contribution is 6.21. The Balaban J connectivity index is 1.60. The molecule has 0 bridgehead atoms. The van der Waals surface area contributed by atoms with Crippen molar-refractivity contribution in [2.24, 2.45) is 0 Å². The molecule has 1 saturated heterocycles. The van der Waals surface area contributed by atoms with Crippen LogP contribution >= 0.6 is 0 Å². The fourth-order valence-electron chi connectivity index (χ4n) is 3.98. The Morgan fingerprint density at radius 3 is 2.58 bits per heavy atom. The molecule has 1 saturated carbocycles. The van der Waals surface area contributed by atoms with E-state index in [-0.39, 0.29) is 17.9 Å². The summed E-state index contributed by atoms with van der Waals surface area (Å²) in [6.07, 6.45) is 6.02. The van der Waals surface area contributed by atoms with E-state index in [1.54, 1.807) is 0 Å². The molecule has 1 spiro atoms. The van der Waals surface area contributed by atoms with Crippen molar-refractivity contribution >= 4 is 17.4 Å². The zero-order valence-corrected chi connectivity index (χ0v) is 13.6. The van der Waals surface area contributed by atoms with E-state index in [2.05, 4.69) is 17.5 Å². The predicted octanol–water partition coefficient (Wildman–Crippen LogP) is 1.78. The van der Waals surface area contributed by atoms with Gasteiger partial charge in [-0.3, -0.25) is 14.5 Å². The van der Waals surface area contributed by atoms with Crippen LogP contribution in [0.15, 0.2) is 30.3 Å². The van der Waals surface area contributed by atoms with Gasteiger partial charge in [0.25, 0.3) is 5.91 Å². The van der Waals surface area contributed by atoms with Crippen LogP contribution in [0.2, 0.25) is 0 Å². The van der Waals surface area contributed by atoms with Crippen molar-refractivity contribution in [3.63, 3.8) is 0 Å². The summed E-state index contributed by atoms with van der Waals surface area (Å²) in [5.41, 5.74) is 2.94.